The van der Waals surface area contributed by atoms with E-state index in [0.29, 0.717) is 11.3 Å². The molecule has 0 unspecified atom stereocenters. The van der Waals surface area contributed by atoms with Crippen LogP contribution in [0.25, 0.3) is 0 Å². The van der Waals surface area contributed by atoms with Gasteiger partial charge in [-0.05, 0) is 38.1 Å². The van der Waals surface area contributed by atoms with Gasteiger partial charge in [0.2, 0.25) is 5.13 Å². The molecule has 0 atom stereocenters. The zero-order valence-electron chi connectivity index (χ0n) is 15.4. The highest BCUT2D eigenvalue weighted by atomic mass is 32.1. The van der Waals surface area contributed by atoms with Gasteiger partial charge in [-0.1, -0.05) is 35.4 Å². The topological polar surface area (TPSA) is 62.3 Å². The van der Waals surface area contributed by atoms with Crippen molar-refractivity contribution in [2.24, 2.45) is 0 Å². The molecule has 1 N–H and O–H groups in total. The number of aryl methyl sites for hydroxylation is 2. The molecule has 1 aromatic heterocycles. The predicted octanol–water partition coefficient (Wildman–Crippen LogP) is 4.77. The Kier molecular flexibility index (Phi) is 5.69. The first kappa shape index (κ1) is 20.5. The fourth-order valence-electron chi connectivity index (χ4n) is 2.38. The maximum Gasteiger partial charge on any atom is 0.434 e. The van der Waals surface area contributed by atoms with Crippen LogP contribution in [-0.4, -0.2) is 16.8 Å². The lowest BCUT2D eigenvalue weighted by molar-refractivity contribution is -0.140. The van der Waals surface area contributed by atoms with Crippen molar-refractivity contribution in [1.82, 2.24) is 10.4 Å². The van der Waals surface area contributed by atoms with Crippen LogP contribution in [0, 0.1) is 13.8 Å². The number of benzene rings is 2. The highest BCUT2D eigenvalue weighted by Gasteiger charge is 2.35. The van der Waals surface area contributed by atoms with E-state index in [1.165, 1.54) is 12.1 Å². The largest absolute Gasteiger partial charge is 0.434 e. The smallest absolute Gasteiger partial charge is 0.267 e. The van der Waals surface area contributed by atoms with E-state index in [1.807, 2.05) is 13.8 Å². The standard InChI is InChI=1S/C20H16F3N3O2S/c1-12-3-7-14(8-4-12)17(27)25-26(18(28)15-9-5-13(2)6-10-15)19-24-16(11-29-19)20(21,22)23/h3-11H,1-2H3,(H,25,27). The number of hydrogen-bond donors (Lipinski definition) is 1. The van der Waals surface area contributed by atoms with Crippen molar-refractivity contribution >= 4 is 28.3 Å². The lowest BCUT2D eigenvalue weighted by atomic mass is 10.1. The minimum Gasteiger partial charge on any atom is -0.267 e. The minimum atomic E-state index is -4.66. The van der Waals surface area contributed by atoms with E-state index in [0.717, 1.165) is 21.5 Å². The highest BCUT2D eigenvalue weighted by Crippen LogP contribution is 2.33. The number of halogens is 3. The Balaban J connectivity index is 1.95. The van der Waals surface area contributed by atoms with Crippen molar-refractivity contribution in [3.05, 3.63) is 81.9 Å². The van der Waals surface area contributed by atoms with Crippen LogP contribution >= 0.6 is 11.3 Å². The molecule has 0 aliphatic heterocycles. The number of carbonyl (C=O) groups excluding carboxylic acids is 2. The summed E-state index contributed by atoms with van der Waals surface area (Å²) in [6.07, 6.45) is -4.66. The number of rotatable bonds is 3. The Bertz CT molecular complexity index is 1030. The van der Waals surface area contributed by atoms with E-state index < -0.39 is 23.7 Å². The number of hydrogen-bond acceptors (Lipinski definition) is 4. The third-order valence-corrected chi connectivity index (χ3v) is 4.83. The Labute approximate surface area is 168 Å². The quantitative estimate of drug-likeness (QED) is 0.622. The SMILES string of the molecule is Cc1ccc(C(=O)NN(C(=O)c2ccc(C)cc2)c2nc(C(F)(F)F)cs2)cc1. The molecule has 0 fully saturated rings. The van der Waals surface area contributed by atoms with Crippen molar-refractivity contribution in [1.29, 1.82) is 0 Å². The third kappa shape index (κ3) is 4.80. The number of carbonyl (C=O) groups is 2. The molecule has 0 saturated heterocycles. The summed E-state index contributed by atoms with van der Waals surface area (Å²) in [6, 6.07) is 13.0. The molecular formula is C20H16F3N3O2S. The Morgan fingerprint density at radius 1 is 0.931 bits per heavy atom. The van der Waals surface area contributed by atoms with Crippen molar-refractivity contribution in [3.63, 3.8) is 0 Å². The molecule has 0 aliphatic rings. The molecule has 0 spiro atoms. The fourth-order valence-corrected chi connectivity index (χ4v) is 3.17. The molecule has 9 heteroatoms. The molecule has 29 heavy (non-hydrogen) atoms. The minimum absolute atomic E-state index is 0.198. The van der Waals surface area contributed by atoms with Gasteiger partial charge < -0.3 is 0 Å². The molecule has 2 amide bonds. The highest BCUT2D eigenvalue weighted by molar-refractivity contribution is 7.14. The zero-order valence-corrected chi connectivity index (χ0v) is 16.3. The second-order valence-electron chi connectivity index (χ2n) is 6.33. The number of amides is 2. The van der Waals surface area contributed by atoms with Crippen LogP contribution in [0.4, 0.5) is 18.3 Å². The Morgan fingerprint density at radius 3 is 1.93 bits per heavy atom. The van der Waals surface area contributed by atoms with Gasteiger partial charge in [0.05, 0.1) is 0 Å². The summed E-state index contributed by atoms with van der Waals surface area (Å²) < 4.78 is 38.9. The number of anilines is 1. The Hall–Kier alpha value is -3.20. The van der Waals surface area contributed by atoms with Crippen LogP contribution in [-0.2, 0) is 6.18 Å². The first-order valence-corrected chi connectivity index (χ1v) is 9.34. The van der Waals surface area contributed by atoms with Gasteiger partial charge in [0, 0.05) is 16.5 Å². The summed E-state index contributed by atoms with van der Waals surface area (Å²) in [5.74, 6) is -1.34. The van der Waals surface area contributed by atoms with Crippen LogP contribution in [0.5, 0.6) is 0 Å². The van der Waals surface area contributed by atoms with Crippen molar-refractivity contribution < 1.29 is 22.8 Å². The summed E-state index contributed by atoms with van der Waals surface area (Å²) in [7, 11) is 0. The summed E-state index contributed by atoms with van der Waals surface area (Å²) in [5, 5.41) is 1.25. The average Bonchev–Trinajstić information content (AvgIpc) is 3.17. The second kappa shape index (κ2) is 8.04. The van der Waals surface area contributed by atoms with Gasteiger partial charge in [0.1, 0.15) is 0 Å². The molecule has 0 aliphatic carbocycles. The van der Waals surface area contributed by atoms with Gasteiger partial charge in [-0.3, -0.25) is 15.0 Å². The maximum absolute atomic E-state index is 13.0. The molecule has 150 valence electrons. The zero-order chi connectivity index (χ0) is 21.2. The monoisotopic (exact) mass is 419 g/mol. The van der Waals surface area contributed by atoms with Crippen LogP contribution in [0.3, 0.4) is 0 Å². The molecule has 1 heterocycles. The van der Waals surface area contributed by atoms with Crippen molar-refractivity contribution in [2.45, 2.75) is 20.0 Å². The fraction of sp³-hybridized carbons (Fsp3) is 0.150. The summed E-state index contributed by atoms with van der Waals surface area (Å²) >= 11 is 0.610. The first-order chi connectivity index (χ1) is 13.6. The van der Waals surface area contributed by atoms with Crippen LogP contribution in [0.15, 0.2) is 53.9 Å². The first-order valence-electron chi connectivity index (χ1n) is 8.46. The van der Waals surface area contributed by atoms with E-state index in [-0.39, 0.29) is 16.3 Å². The Morgan fingerprint density at radius 2 is 1.45 bits per heavy atom. The van der Waals surface area contributed by atoms with Gasteiger partial charge in [0.15, 0.2) is 5.69 Å². The van der Waals surface area contributed by atoms with Gasteiger partial charge in [-0.15, -0.1) is 11.3 Å². The molecule has 0 bridgehead atoms. The van der Waals surface area contributed by atoms with Gasteiger partial charge in [-0.2, -0.15) is 18.2 Å². The van der Waals surface area contributed by atoms with Gasteiger partial charge in [0.25, 0.3) is 11.8 Å². The van der Waals surface area contributed by atoms with Crippen LogP contribution in [0.1, 0.15) is 37.5 Å². The second-order valence-corrected chi connectivity index (χ2v) is 7.16. The molecule has 0 radical (unpaired) electrons. The lowest BCUT2D eigenvalue weighted by Gasteiger charge is -2.21. The number of alkyl halides is 3. The summed E-state index contributed by atoms with van der Waals surface area (Å²) in [4.78, 5) is 29.0. The van der Waals surface area contributed by atoms with E-state index in [9.17, 15) is 22.8 Å². The lowest BCUT2D eigenvalue weighted by Crippen LogP contribution is -2.46. The maximum atomic E-state index is 13.0. The van der Waals surface area contributed by atoms with Crippen molar-refractivity contribution in [3.8, 4) is 0 Å². The molecule has 0 saturated carbocycles. The summed E-state index contributed by atoms with van der Waals surface area (Å²) in [5.41, 5.74) is 3.53. The van der Waals surface area contributed by atoms with E-state index in [1.54, 1.807) is 36.4 Å². The summed E-state index contributed by atoms with van der Waals surface area (Å²) in [6.45, 7) is 3.69. The van der Waals surface area contributed by atoms with Gasteiger partial charge in [-0.25, -0.2) is 4.98 Å². The average molecular weight is 419 g/mol. The molecule has 5 nitrogen and oxygen atoms in total. The van der Waals surface area contributed by atoms with Crippen LogP contribution < -0.4 is 10.4 Å². The predicted molar refractivity (Wildman–Crippen MR) is 104 cm³/mol. The normalized spacial score (nSPS) is 11.2. The number of hydrazine groups is 1. The molecular weight excluding hydrogens is 403 g/mol. The number of aromatic nitrogens is 1. The molecule has 2 aromatic carbocycles. The van der Waals surface area contributed by atoms with Gasteiger partial charge >= 0.3 is 6.18 Å². The van der Waals surface area contributed by atoms with Crippen LogP contribution in [0.2, 0.25) is 0 Å². The number of nitrogens with one attached hydrogen (secondary N) is 1. The van der Waals surface area contributed by atoms with Crippen molar-refractivity contribution in [2.75, 3.05) is 5.01 Å². The van der Waals surface area contributed by atoms with E-state index >= 15 is 0 Å². The third-order valence-electron chi connectivity index (χ3n) is 4.00. The number of nitrogens with zero attached hydrogens (tertiary/aromatic N) is 2. The molecule has 3 aromatic rings. The number of thiazole rings is 1. The van der Waals surface area contributed by atoms with E-state index in [2.05, 4.69) is 10.4 Å². The van der Waals surface area contributed by atoms with E-state index in [4.69, 9.17) is 0 Å². The molecule has 3 rings (SSSR count).